The zero-order chi connectivity index (χ0) is 18.0. The van der Waals surface area contributed by atoms with Crippen molar-refractivity contribution in [3.05, 3.63) is 54.1 Å². The van der Waals surface area contributed by atoms with Gasteiger partial charge in [0.2, 0.25) is 10.0 Å². The number of rotatable bonds is 5. The molecule has 0 heterocycles. The fraction of sp³-hybridized carbons (Fsp3) is 0.0714. The molecular formula is C14H14N2O6S2. The van der Waals surface area contributed by atoms with Gasteiger partial charge in [-0.2, -0.15) is 8.42 Å². The summed E-state index contributed by atoms with van der Waals surface area (Å²) in [7, 11) is -7.87. The molecule has 0 spiro atoms. The van der Waals surface area contributed by atoms with Crippen molar-refractivity contribution in [2.24, 2.45) is 0 Å². The number of hydrogen-bond donors (Lipinski definition) is 3. The molecule has 2 aromatic carbocycles. The molecule has 0 aromatic heterocycles. The molecule has 3 N–H and O–H groups in total. The minimum absolute atomic E-state index is 0.0200. The molecule has 2 aromatic rings. The van der Waals surface area contributed by atoms with Gasteiger partial charge < -0.3 is 5.32 Å². The van der Waals surface area contributed by atoms with Gasteiger partial charge in [-0.3, -0.25) is 14.1 Å². The molecule has 10 heteroatoms. The van der Waals surface area contributed by atoms with Crippen molar-refractivity contribution in [1.29, 1.82) is 0 Å². The number of sulfonamides is 1. The second kappa shape index (κ2) is 6.59. The van der Waals surface area contributed by atoms with Crippen LogP contribution in [0.3, 0.4) is 0 Å². The molecule has 0 atom stereocenters. The molecule has 24 heavy (non-hydrogen) atoms. The molecule has 0 unspecified atom stereocenters. The molecule has 0 saturated carbocycles. The van der Waals surface area contributed by atoms with Crippen LogP contribution < -0.4 is 10.0 Å². The highest BCUT2D eigenvalue weighted by atomic mass is 32.2. The van der Waals surface area contributed by atoms with E-state index in [1.165, 1.54) is 36.4 Å². The predicted octanol–water partition coefficient (Wildman–Crippen LogP) is 1.56. The Morgan fingerprint density at radius 1 is 0.958 bits per heavy atom. The summed E-state index contributed by atoms with van der Waals surface area (Å²) in [4.78, 5) is 11.8. The van der Waals surface area contributed by atoms with Crippen LogP contribution in [0.2, 0.25) is 0 Å². The number of benzene rings is 2. The molecule has 1 amide bonds. The van der Waals surface area contributed by atoms with Gasteiger partial charge in [-0.1, -0.05) is 12.1 Å². The summed E-state index contributed by atoms with van der Waals surface area (Å²) in [5.41, 5.74) is 0.597. The van der Waals surface area contributed by atoms with E-state index < -0.39 is 30.9 Å². The third kappa shape index (κ3) is 5.05. The zero-order valence-electron chi connectivity index (χ0n) is 12.4. The summed E-state index contributed by atoms with van der Waals surface area (Å²) in [5.74, 6) is -0.614. The lowest BCUT2D eigenvalue weighted by Gasteiger charge is -2.09. The van der Waals surface area contributed by atoms with Crippen molar-refractivity contribution in [2.75, 3.05) is 16.3 Å². The van der Waals surface area contributed by atoms with Crippen LogP contribution >= 0.6 is 0 Å². The van der Waals surface area contributed by atoms with Crippen LogP contribution in [-0.4, -0.2) is 33.6 Å². The summed E-state index contributed by atoms with van der Waals surface area (Å²) >= 11 is 0. The van der Waals surface area contributed by atoms with Crippen molar-refractivity contribution < 1.29 is 26.2 Å². The van der Waals surface area contributed by atoms with Crippen molar-refractivity contribution in [2.45, 2.75) is 4.90 Å². The van der Waals surface area contributed by atoms with E-state index in [1.54, 1.807) is 0 Å². The zero-order valence-corrected chi connectivity index (χ0v) is 14.1. The summed E-state index contributed by atoms with van der Waals surface area (Å²) in [6.45, 7) is 0. The Balaban J connectivity index is 2.23. The van der Waals surface area contributed by atoms with Gasteiger partial charge >= 0.3 is 0 Å². The molecule has 2 rings (SSSR count). The van der Waals surface area contributed by atoms with Gasteiger partial charge in [-0.05, 0) is 36.4 Å². The number of nitrogens with one attached hydrogen (secondary N) is 2. The van der Waals surface area contributed by atoms with E-state index in [1.807, 2.05) is 0 Å². The van der Waals surface area contributed by atoms with Crippen LogP contribution in [0, 0.1) is 0 Å². The quantitative estimate of drug-likeness (QED) is 0.685. The standard InChI is InChI=1S/C14H14N2O6S2/c1-23(18,19)16-12-6-3-5-11(9-12)15-14(17)10-4-2-7-13(8-10)24(20,21)22/h2-9,16H,1H3,(H,15,17)(H,20,21,22). The lowest BCUT2D eigenvalue weighted by molar-refractivity contribution is 0.102. The molecule has 8 nitrogen and oxygen atoms in total. The fourth-order valence-electron chi connectivity index (χ4n) is 1.88. The maximum absolute atomic E-state index is 12.2. The second-order valence-corrected chi connectivity index (χ2v) is 8.08. The first-order chi connectivity index (χ1) is 11.0. The third-order valence-corrected chi connectivity index (χ3v) is 4.27. The SMILES string of the molecule is CS(=O)(=O)Nc1cccc(NC(=O)c2cccc(S(=O)(=O)O)c2)c1. The third-order valence-electron chi connectivity index (χ3n) is 2.82. The Hall–Kier alpha value is -2.43. The first-order valence-corrected chi connectivity index (χ1v) is 9.84. The molecule has 0 aliphatic carbocycles. The summed E-state index contributed by atoms with van der Waals surface area (Å²) in [6, 6.07) is 10.9. The highest BCUT2D eigenvalue weighted by Gasteiger charge is 2.13. The van der Waals surface area contributed by atoms with Crippen LogP contribution in [0.1, 0.15) is 10.4 Å². The van der Waals surface area contributed by atoms with Crippen molar-refractivity contribution in [1.82, 2.24) is 0 Å². The Morgan fingerprint density at radius 3 is 2.21 bits per heavy atom. The van der Waals surface area contributed by atoms with Gasteiger partial charge in [-0.25, -0.2) is 8.42 Å². The van der Waals surface area contributed by atoms with Gasteiger partial charge in [0, 0.05) is 11.3 Å². The van der Waals surface area contributed by atoms with E-state index in [4.69, 9.17) is 4.55 Å². The second-order valence-electron chi connectivity index (χ2n) is 4.91. The molecule has 0 radical (unpaired) electrons. The molecule has 0 fully saturated rings. The Labute approximate surface area is 139 Å². The van der Waals surface area contributed by atoms with Gasteiger partial charge in [-0.15, -0.1) is 0 Å². The average Bonchev–Trinajstić information content (AvgIpc) is 2.45. The van der Waals surface area contributed by atoms with E-state index in [-0.39, 0.29) is 11.3 Å². The van der Waals surface area contributed by atoms with E-state index in [0.29, 0.717) is 5.69 Å². The van der Waals surface area contributed by atoms with Gasteiger partial charge in [0.05, 0.1) is 16.8 Å². The highest BCUT2D eigenvalue weighted by Crippen LogP contribution is 2.18. The Bertz CT molecular complexity index is 984. The predicted molar refractivity (Wildman–Crippen MR) is 89.1 cm³/mol. The van der Waals surface area contributed by atoms with E-state index in [2.05, 4.69) is 10.0 Å². The molecular weight excluding hydrogens is 356 g/mol. The topological polar surface area (TPSA) is 130 Å². The molecule has 0 aliphatic heterocycles. The number of hydrogen-bond acceptors (Lipinski definition) is 5. The lowest BCUT2D eigenvalue weighted by Crippen LogP contribution is -2.13. The first kappa shape index (κ1) is 17.9. The van der Waals surface area contributed by atoms with Crippen LogP contribution in [0.15, 0.2) is 53.4 Å². The van der Waals surface area contributed by atoms with Crippen LogP contribution in [0.4, 0.5) is 11.4 Å². The minimum atomic E-state index is -4.42. The van der Waals surface area contributed by atoms with Crippen LogP contribution in [0.5, 0.6) is 0 Å². The normalized spacial score (nSPS) is 11.8. The first-order valence-electron chi connectivity index (χ1n) is 6.51. The maximum atomic E-state index is 12.2. The van der Waals surface area contributed by atoms with Crippen LogP contribution in [-0.2, 0) is 20.1 Å². The number of carbonyl (C=O) groups excluding carboxylic acids is 1. The molecule has 128 valence electrons. The van der Waals surface area contributed by atoms with Gasteiger partial charge in [0.15, 0.2) is 0 Å². The highest BCUT2D eigenvalue weighted by molar-refractivity contribution is 7.92. The number of carbonyl (C=O) groups is 1. The number of amides is 1. The van der Waals surface area contributed by atoms with Gasteiger partial charge in [0.1, 0.15) is 0 Å². The maximum Gasteiger partial charge on any atom is 0.294 e. The van der Waals surface area contributed by atoms with Crippen molar-refractivity contribution in [3.63, 3.8) is 0 Å². The van der Waals surface area contributed by atoms with Crippen molar-refractivity contribution in [3.8, 4) is 0 Å². The summed E-state index contributed by atoms with van der Waals surface area (Å²) in [5, 5.41) is 2.51. The summed E-state index contributed by atoms with van der Waals surface area (Å²) < 4.78 is 55.9. The average molecular weight is 370 g/mol. The smallest absolute Gasteiger partial charge is 0.294 e. The van der Waals surface area contributed by atoms with Gasteiger partial charge in [0.25, 0.3) is 16.0 Å². The lowest BCUT2D eigenvalue weighted by atomic mass is 10.2. The molecule has 0 bridgehead atoms. The van der Waals surface area contributed by atoms with E-state index >= 15 is 0 Å². The molecule has 0 saturated heterocycles. The van der Waals surface area contributed by atoms with E-state index in [0.717, 1.165) is 18.4 Å². The molecule has 0 aliphatic rings. The monoisotopic (exact) mass is 370 g/mol. The largest absolute Gasteiger partial charge is 0.322 e. The van der Waals surface area contributed by atoms with Crippen LogP contribution in [0.25, 0.3) is 0 Å². The van der Waals surface area contributed by atoms with Crippen molar-refractivity contribution >= 4 is 37.4 Å². The minimum Gasteiger partial charge on any atom is -0.322 e. The number of anilines is 2. The fourth-order valence-corrected chi connectivity index (χ4v) is 2.96. The Morgan fingerprint density at radius 2 is 1.58 bits per heavy atom. The van der Waals surface area contributed by atoms with E-state index in [9.17, 15) is 21.6 Å². The Kier molecular flexibility index (Phi) is 4.92. The summed E-state index contributed by atoms with van der Waals surface area (Å²) in [6.07, 6.45) is 0.999.